The van der Waals surface area contributed by atoms with Crippen LogP contribution in [0.1, 0.15) is 6.92 Å². The zero-order chi connectivity index (χ0) is 20.4. The van der Waals surface area contributed by atoms with Crippen LogP contribution in [0.3, 0.4) is 0 Å². The van der Waals surface area contributed by atoms with Crippen molar-refractivity contribution in [2.75, 3.05) is 18.4 Å². The van der Waals surface area contributed by atoms with Crippen LogP contribution in [0.25, 0.3) is 0 Å². The van der Waals surface area contributed by atoms with Crippen LogP contribution in [0.2, 0.25) is 25.1 Å². The third-order valence-corrected chi connectivity index (χ3v) is 7.14. The van der Waals surface area contributed by atoms with Gasteiger partial charge in [0, 0.05) is 11.6 Å². The Hall–Kier alpha value is -0.730. The molecule has 146 valence electrons. The van der Waals surface area contributed by atoms with Gasteiger partial charge in [0.2, 0.25) is 15.9 Å². The summed E-state index contributed by atoms with van der Waals surface area (Å²) in [6, 6.07) is 6.83. The third kappa shape index (κ3) is 5.41. The van der Waals surface area contributed by atoms with Gasteiger partial charge in [0.05, 0.1) is 32.3 Å². The third-order valence-electron chi connectivity index (χ3n) is 3.47. The largest absolute Gasteiger partial charge is 0.324 e. The van der Waals surface area contributed by atoms with E-state index in [0.29, 0.717) is 0 Å². The van der Waals surface area contributed by atoms with E-state index in [-0.39, 0.29) is 42.2 Å². The number of anilines is 1. The highest BCUT2D eigenvalue weighted by Crippen LogP contribution is 2.32. The fourth-order valence-corrected chi connectivity index (χ4v) is 4.89. The Kier molecular flexibility index (Phi) is 7.67. The molecule has 5 nitrogen and oxygen atoms in total. The number of nitrogens with one attached hydrogen (secondary N) is 1. The van der Waals surface area contributed by atoms with Crippen molar-refractivity contribution < 1.29 is 13.2 Å². The number of benzene rings is 2. The first-order valence-electron chi connectivity index (χ1n) is 7.45. The van der Waals surface area contributed by atoms with E-state index in [2.05, 4.69) is 5.32 Å². The van der Waals surface area contributed by atoms with Crippen LogP contribution in [-0.2, 0) is 14.8 Å². The first-order valence-corrected chi connectivity index (χ1v) is 10.8. The maximum Gasteiger partial charge on any atom is 0.245 e. The molecule has 0 fully saturated rings. The standard InChI is InChI=1S/C16H13Cl5N2O3S/c1-2-23(27(25,26)15-5-9(17)3-4-10(15)18)8-16(24)22-14-7-12(20)11(19)6-13(14)21/h3-7H,2,8H2,1H3,(H,22,24). The first-order chi connectivity index (χ1) is 12.6. The Morgan fingerprint density at radius 2 is 1.59 bits per heavy atom. The number of carbonyl (C=O) groups is 1. The monoisotopic (exact) mass is 488 g/mol. The van der Waals surface area contributed by atoms with Crippen LogP contribution >= 0.6 is 58.0 Å². The molecule has 0 aliphatic carbocycles. The number of hydrogen-bond donors (Lipinski definition) is 1. The number of hydrogen-bond acceptors (Lipinski definition) is 3. The molecule has 27 heavy (non-hydrogen) atoms. The van der Waals surface area contributed by atoms with Gasteiger partial charge in [-0.3, -0.25) is 4.79 Å². The van der Waals surface area contributed by atoms with Gasteiger partial charge in [-0.1, -0.05) is 64.9 Å². The van der Waals surface area contributed by atoms with E-state index in [1.807, 2.05) is 0 Å². The average Bonchev–Trinajstić information content (AvgIpc) is 2.59. The summed E-state index contributed by atoms with van der Waals surface area (Å²) in [5.41, 5.74) is 0.213. The molecule has 1 N–H and O–H groups in total. The summed E-state index contributed by atoms with van der Waals surface area (Å²) >= 11 is 29.6. The molecule has 0 aromatic heterocycles. The van der Waals surface area contributed by atoms with Crippen molar-refractivity contribution in [3.05, 3.63) is 55.4 Å². The molecule has 0 spiro atoms. The number of amides is 1. The van der Waals surface area contributed by atoms with Crippen LogP contribution < -0.4 is 5.32 Å². The van der Waals surface area contributed by atoms with Gasteiger partial charge in [0.1, 0.15) is 4.90 Å². The fourth-order valence-electron chi connectivity index (χ4n) is 2.15. The molecule has 11 heteroatoms. The lowest BCUT2D eigenvalue weighted by molar-refractivity contribution is -0.116. The lowest BCUT2D eigenvalue weighted by Crippen LogP contribution is -2.38. The Balaban J connectivity index is 2.24. The van der Waals surface area contributed by atoms with Crippen molar-refractivity contribution in [3.63, 3.8) is 0 Å². The van der Waals surface area contributed by atoms with E-state index < -0.39 is 22.5 Å². The summed E-state index contributed by atoms with van der Waals surface area (Å²) < 4.78 is 26.6. The smallest absolute Gasteiger partial charge is 0.245 e. The summed E-state index contributed by atoms with van der Waals surface area (Å²) in [5, 5.41) is 3.32. The van der Waals surface area contributed by atoms with Gasteiger partial charge in [-0.25, -0.2) is 8.42 Å². The van der Waals surface area contributed by atoms with Gasteiger partial charge < -0.3 is 5.32 Å². The predicted molar refractivity (Wildman–Crippen MR) is 111 cm³/mol. The van der Waals surface area contributed by atoms with Crippen LogP contribution in [0.4, 0.5) is 5.69 Å². The van der Waals surface area contributed by atoms with Crippen LogP contribution in [-0.4, -0.2) is 31.7 Å². The minimum absolute atomic E-state index is 0.00536. The van der Waals surface area contributed by atoms with Gasteiger partial charge in [0.25, 0.3) is 0 Å². The van der Waals surface area contributed by atoms with E-state index in [1.54, 1.807) is 6.92 Å². The molecule has 1 amide bonds. The van der Waals surface area contributed by atoms with E-state index in [0.717, 1.165) is 4.31 Å². The van der Waals surface area contributed by atoms with Gasteiger partial charge in [-0.2, -0.15) is 4.31 Å². The normalized spacial score (nSPS) is 11.7. The Morgan fingerprint density at radius 1 is 0.963 bits per heavy atom. The van der Waals surface area contributed by atoms with E-state index in [4.69, 9.17) is 58.0 Å². The highest BCUT2D eigenvalue weighted by molar-refractivity contribution is 7.89. The molecule has 2 aromatic rings. The van der Waals surface area contributed by atoms with Crippen LogP contribution in [0.5, 0.6) is 0 Å². The Morgan fingerprint density at radius 3 is 2.22 bits per heavy atom. The fraction of sp³-hybridized carbons (Fsp3) is 0.188. The number of likely N-dealkylation sites (N-methyl/N-ethyl adjacent to an activating group) is 1. The lowest BCUT2D eigenvalue weighted by atomic mass is 10.3. The second-order valence-electron chi connectivity index (χ2n) is 5.30. The number of rotatable bonds is 6. The molecule has 0 radical (unpaired) electrons. The van der Waals surface area contributed by atoms with Crippen molar-refractivity contribution in [2.45, 2.75) is 11.8 Å². The molecule has 0 bridgehead atoms. The summed E-state index contributed by atoms with van der Waals surface area (Å²) in [6.45, 7) is 1.17. The molecule has 0 aliphatic rings. The van der Waals surface area contributed by atoms with Crippen molar-refractivity contribution in [3.8, 4) is 0 Å². The molecule has 2 aromatic carbocycles. The molecule has 2 rings (SSSR count). The maximum absolute atomic E-state index is 12.8. The van der Waals surface area contributed by atoms with E-state index >= 15 is 0 Å². The SMILES string of the molecule is CCN(CC(=O)Nc1cc(Cl)c(Cl)cc1Cl)S(=O)(=O)c1cc(Cl)ccc1Cl. The minimum atomic E-state index is -4.04. The summed E-state index contributed by atoms with van der Waals surface area (Å²) in [4.78, 5) is 12.2. The predicted octanol–water partition coefficient (Wildman–Crippen LogP) is 5.60. The minimum Gasteiger partial charge on any atom is -0.324 e. The van der Waals surface area contributed by atoms with E-state index in [1.165, 1.54) is 30.3 Å². The molecular weight excluding hydrogens is 478 g/mol. The number of nitrogens with zero attached hydrogens (tertiary/aromatic N) is 1. The van der Waals surface area contributed by atoms with Crippen molar-refractivity contribution in [2.24, 2.45) is 0 Å². The topological polar surface area (TPSA) is 66.5 Å². The zero-order valence-corrected chi connectivity index (χ0v) is 18.4. The van der Waals surface area contributed by atoms with Gasteiger partial charge in [0.15, 0.2) is 0 Å². The quantitative estimate of drug-likeness (QED) is 0.536. The highest BCUT2D eigenvalue weighted by atomic mass is 35.5. The highest BCUT2D eigenvalue weighted by Gasteiger charge is 2.28. The zero-order valence-electron chi connectivity index (χ0n) is 13.8. The van der Waals surface area contributed by atoms with Gasteiger partial charge >= 0.3 is 0 Å². The summed E-state index contributed by atoms with van der Waals surface area (Å²) in [7, 11) is -4.04. The maximum atomic E-state index is 12.8. The second kappa shape index (κ2) is 9.18. The van der Waals surface area contributed by atoms with Crippen molar-refractivity contribution >= 4 is 79.6 Å². The Bertz CT molecular complexity index is 982. The molecule has 0 saturated carbocycles. The molecule has 0 unspecified atom stereocenters. The molecule has 0 atom stereocenters. The first kappa shape index (κ1) is 22.6. The van der Waals surface area contributed by atoms with E-state index in [9.17, 15) is 13.2 Å². The van der Waals surface area contributed by atoms with Crippen LogP contribution in [0.15, 0.2) is 35.2 Å². The molecule has 0 saturated heterocycles. The molecule has 0 aliphatic heterocycles. The summed E-state index contributed by atoms with van der Waals surface area (Å²) in [5.74, 6) is -0.612. The second-order valence-corrected chi connectivity index (χ2v) is 9.27. The number of halogens is 5. The Labute approximate surface area is 182 Å². The summed E-state index contributed by atoms with van der Waals surface area (Å²) in [6.07, 6.45) is 0. The van der Waals surface area contributed by atoms with Gasteiger partial charge in [-0.05, 0) is 30.3 Å². The van der Waals surface area contributed by atoms with Crippen molar-refractivity contribution in [1.82, 2.24) is 4.31 Å². The molecule has 0 heterocycles. The number of carbonyl (C=O) groups excluding carboxylic acids is 1. The van der Waals surface area contributed by atoms with Gasteiger partial charge in [-0.15, -0.1) is 0 Å². The number of sulfonamides is 1. The van der Waals surface area contributed by atoms with Crippen LogP contribution in [0, 0.1) is 0 Å². The molecular formula is C16H13Cl5N2O3S. The average molecular weight is 491 g/mol. The lowest BCUT2D eigenvalue weighted by Gasteiger charge is -2.21. The van der Waals surface area contributed by atoms with Crippen molar-refractivity contribution in [1.29, 1.82) is 0 Å².